The molecule has 1 nitrogen and oxygen atoms in total. The summed E-state index contributed by atoms with van der Waals surface area (Å²) in [6.45, 7) is 2.24. The van der Waals surface area contributed by atoms with E-state index in [-0.39, 0.29) is 5.82 Å². The standard InChI is InChI=1S/C19H27FO/c1-3-4-5-6-7-8-9-10-11-12-13-17-16-18(20)14-15-19(17)21-2/h14-16H,3-11H2,1-2H3. The van der Waals surface area contributed by atoms with Gasteiger partial charge in [0.05, 0.1) is 12.7 Å². The molecule has 0 unspecified atom stereocenters. The van der Waals surface area contributed by atoms with E-state index >= 15 is 0 Å². The van der Waals surface area contributed by atoms with Crippen LogP contribution in [0.2, 0.25) is 0 Å². The SMILES string of the molecule is CCCCCCCCCCC#Cc1cc(F)ccc1OC. The van der Waals surface area contributed by atoms with E-state index in [0.29, 0.717) is 11.3 Å². The van der Waals surface area contributed by atoms with Gasteiger partial charge in [-0.1, -0.05) is 63.7 Å². The smallest absolute Gasteiger partial charge is 0.134 e. The van der Waals surface area contributed by atoms with E-state index in [2.05, 4.69) is 18.8 Å². The van der Waals surface area contributed by atoms with Gasteiger partial charge < -0.3 is 4.74 Å². The first-order chi connectivity index (χ1) is 10.3. The molecule has 0 N–H and O–H groups in total. The third kappa shape index (κ3) is 7.75. The predicted molar refractivity (Wildman–Crippen MR) is 87.1 cm³/mol. The van der Waals surface area contributed by atoms with Crippen LogP contribution in [-0.4, -0.2) is 7.11 Å². The molecule has 0 saturated heterocycles. The summed E-state index contributed by atoms with van der Waals surface area (Å²) in [5.41, 5.74) is 0.636. The van der Waals surface area contributed by atoms with Gasteiger partial charge in [0.1, 0.15) is 11.6 Å². The highest BCUT2D eigenvalue weighted by Gasteiger charge is 2.00. The van der Waals surface area contributed by atoms with Crippen molar-refractivity contribution in [3.8, 4) is 17.6 Å². The van der Waals surface area contributed by atoms with E-state index in [4.69, 9.17) is 4.74 Å². The molecule has 0 saturated carbocycles. The maximum atomic E-state index is 13.2. The maximum Gasteiger partial charge on any atom is 0.134 e. The minimum absolute atomic E-state index is 0.271. The van der Waals surface area contributed by atoms with E-state index < -0.39 is 0 Å². The van der Waals surface area contributed by atoms with Gasteiger partial charge >= 0.3 is 0 Å². The van der Waals surface area contributed by atoms with Gasteiger partial charge in [0.15, 0.2) is 0 Å². The van der Waals surface area contributed by atoms with Gasteiger partial charge in [-0.3, -0.25) is 0 Å². The zero-order valence-electron chi connectivity index (χ0n) is 13.4. The number of halogens is 1. The Morgan fingerprint density at radius 2 is 1.67 bits per heavy atom. The lowest BCUT2D eigenvalue weighted by Gasteiger charge is -2.02. The molecule has 0 aliphatic heterocycles. The normalized spacial score (nSPS) is 10.0. The van der Waals surface area contributed by atoms with Gasteiger partial charge in [0.25, 0.3) is 0 Å². The Morgan fingerprint density at radius 1 is 1.00 bits per heavy atom. The summed E-state index contributed by atoms with van der Waals surface area (Å²) in [6, 6.07) is 4.44. The second-order valence-corrected chi connectivity index (χ2v) is 5.37. The van der Waals surface area contributed by atoms with Gasteiger partial charge in [-0.15, -0.1) is 0 Å². The molecule has 21 heavy (non-hydrogen) atoms. The van der Waals surface area contributed by atoms with Gasteiger partial charge in [-0.05, 0) is 24.6 Å². The fraction of sp³-hybridized carbons (Fsp3) is 0.579. The molecule has 116 valence electrons. The Balaban J connectivity index is 2.20. The van der Waals surface area contributed by atoms with E-state index in [1.807, 2.05) is 0 Å². The number of unbranched alkanes of at least 4 members (excludes halogenated alkanes) is 8. The zero-order valence-corrected chi connectivity index (χ0v) is 13.4. The fourth-order valence-electron chi connectivity index (χ4n) is 2.28. The van der Waals surface area contributed by atoms with Crippen LogP contribution in [0.5, 0.6) is 5.75 Å². The molecule has 0 radical (unpaired) electrons. The Morgan fingerprint density at radius 3 is 2.33 bits per heavy atom. The first-order valence-electron chi connectivity index (χ1n) is 8.10. The van der Waals surface area contributed by atoms with Crippen LogP contribution in [0.25, 0.3) is 0 Å². The summed E-state index contributed by atoms with van der Waals surface area (Å²) < 4.78 is 18.3. The minimum atomic E-state index is -0.271. The lowest BCUT2D eigenvalue weighted by Crippen LogP contribution is -1.88. The van der Waals surface area contributed by atoms with Crippen LogP contribution in [0.15, 0.2) is 18.2 Å². The Kier molecular flexibility index (Phi) is 9.37. The molecule has 0 heterocycles. The largest absolute Gasteiger partial charge is 0.495 e. The zero-order chi connectivity index (χ0) is 15.3. The summed E-state index contributed by atoms with van der Waals surface area (Å²) in [5, 5.41) is 0. The molecule has 0 atom stereocenters. The van der Waals surface area contributed by atoms with Crippen molar-refractivity contribution in [1.82, 2.24) is 0 Å². The summed E-state index contributed by atoms with van der Waals surface area (Å²) in [7, 11) is 1.58. The van der Waals surface area contributed by atoms with E-state index in [1.165, 1.54) is 57.1 Å². The van der Waals surface area contributed by atoms with Crippen molar-refractivity contribution in [2.75, 3.05) is 7.11 Å². The topological polar surface area (TPSA) is 9.23 Å². The molecule has 0 bridgehead atoms. The van der Waals surface area contributed by atoms with Crippen LogP contribution in [-0.2, 0) is 0 Å². The van der Waals surface area contributed by atoms with Crippen LogP contribution < -0.4 is 4.74 Å². The highest BCUT2D eigenvalue weighted by atomic mass is 19.1. The lowest BCUT2D eigenvalue weighted by atomic mass is 10.1. The second-order valence-electron chi connectivity index (χ2n) is 5.37. The quantitative estimate of drug-likeness (QED) is 0.417. The Hall–Kier alpha value is -1.49. The van der Waals surface area contributed by atoms with E-state index in [9.17, 15) is 4.39 Å². The number of methoxy groups -OCH3 is 1. The molecule has 1 rings (SSSR count). The van der Waals surface area contributed by atoms with Gasteiger partial charge in [-0.25, -0.2) is 4.39 Å². The van der Waals surface area contributed by atoms with Crippen molar-refractivity contribution in [3.63, 3.8) is 0 Å². The van der Waals surface area contributed by atoms with Crippen molar-refractivity contribution in [1.29, 1.82) is 0 Å². The predicted octanol–water partition coefficient (Wildman–Crippen LogP) is 5.72. The maximum absolute atomic E-state index is 13.2. The molecule has 0 aliphatic carbocycles. The number of hydrogen-bond donors (Lipinski definition) is 0. The molecule has 0 fully saturated rings. The fourth-order valence-corrected chi connectivity index (χ4v) is 2.28. The first-order valence-corrected chi connectivity index (χ1v) is 8.10. The number of rotatable bonds is 9. The molecule has 1 aromatic carbocycles. The molecule has 2 heteroatoms. The van der Waals surface area contributed by atoms with Crippen LogP contribution in [0.1, 0.15) is 70.3 Å². The van der Waals surface area contributed by atoms with Gasteiger partial charge in [0.2, 0.25) is 0 Å². The number of ether oxygens (including phenoxy) is 1. The molecule has 0 aromatic heterocycles. The Bertz CT molecular complexity index is 456. The number of benzene rings is 1. The van der Waals surface area contributed by atoms with E-state index in [1.54, 1.807) is 13.2 Å². The molecule has 0 aliphatic rings. The van der Waals surface area contributed by atoms with Crippen LogP contribution in [0.3, 0.4) is 0 Å². The average molecular weight is 290 g/mol. The first kappa shape index (κ1) is 17.6. The molecular weight excluding hydrogens is 263 g/mol. The van der Waals surface area contributed by atoms with Crippen molar-refractivity contribution in [2.24, 2.45) is 0 Å². The number of hydrogen-bond acceptors (Lipinski definition) is 1. The van der Waals surface area contributed by atoms with Gasteiger partial charge in [0, 0.05) is 6.42 Å². The van der Waals surface area contributed by atoms with Crippen molar-refractivity contribution >= 4 is 0 Å². The lowest BCUT2D eigenvalue weighted by molar-refractivity contribution is 0.412. The highest BCUT2D eigenvalue weighted by Crippen LogP contribution is 2.18. The summed E-state index contributed by atoms with van der Waals surface area (Å²) >= 11 is 0. The summed E-state index contributed by atoms with van der Waals surface area (Å²) in [6.07, 6.45) is 11.3. The second kappa shape index (κ2) is 11.2. The summed E-state index contributed by atoms with van der Waals surface area (Å²) in [5.74, 6) is 6.49. The average Bonchev–Trinajstić information content (AvgIpc) is 2.49. The third-order valence-electron chi connectivity index (χ3n) is 3.54. The van der Waals surface area contributed by atoms with Gasteiger partial charge in [-0.2, -0.15) is 0 Å². The summed E-state index contributed by atoms with van der Waals surface area (Å²) in [4.78, 5) is 0. The Labute approximate surface area is 128 Å². The van der Waals surface area contributed by atoms with Crippen molar-refractivity contribution in [3.05, 3.63) is 29.6 Å². The molecule has 0 amide bonds. The van der Waals surface area contributed by atoms with Crippen LogP contribution in [0, 0.1) is 17.7 Å². The molecule has 0 spiro atoms. The van der Waals surface area contributed by atoms with Crippen molar-refractivity contribution in [2.45, 2.75) is 64.7 Å². The molecule has 1 aromatic rings. The van der Waals surface area contributed by atoms with Crippen LogP contribution in [0.4, 0.5) is 4.39 Å². The molecular formula is C19H27FO. The van der Waals surface area contributed by atoms with Crippen molar-refractivity contribution < 1.29 is 9.13 Å². The highest BCUT2D eigenvalue weighted by molar-refractivity contribution is 5.46. The third-order valence-corrected chi connectivity index (χ3v) is 3.54. The van der Waals surface area contributed by atoms with Crippen LogP contribution >= 0.6 is 0 Å². The van der Waals surface area contributed by atoms with E-state index in [0.717, 1.165) is 12.8 Å². The minimum Gasteiger partial charge on any atom is -0.495 e. The monoisotopic (exact) mass is 290 g/mol.